The Morgan fingerprint density at radius 3 is 1.75 bits per heavy atom. The summed E-state index contributed by atoms with van der Waals surface area (Å²) in [6.07, 6.45) is 2.09. The Morgan fingerprint density at radius 2 is 1.67 bits per heavy atom. The van der Waals surface area contributed by atoms with E-state index in [2.05, 4.69) is 27.0 Å². The molecule has 1 N–H and O–H groups in total. The summed E-state index contributed by atoms with van der Waals surface area (Å²) in [5, 5.41) is 10.2. The van der Waals surface area contributed by atoms with Crippen LogP contribution >= 0.6 is 23.5 Å². The molecule has 1 aliphatic carbocycles. The highest BCUT2D eigenvalue weighted by Gasteiger charge is 2.80. The normalized spacial score (nSPS) is 44.5. The molecule has 1 aliphatic rings. The molecular weight excluding hydrogens is 188 g/mol. The third-order valence-corrected chi connectivity index (χ3v) is 7.19. The van der Waals surface area contributed by atoms with Gasteiger partial charge in [-0.15, -0.1) is 23.5 Å². The van der Waals surface area contributed by atoms with Crippen LogP contribution in [0.25, 0.3) is 0 Å². The first-order valence-electron chi connectivity index (χ1n) is 4.29. The molecule has 0 bridgehead atoms. The molecule has 72 valence electrons. The van der Waals surface area contributed by atoms with Gasteiger partial charge in [0.15, 0.2) is 0 Å². The van der Waals surface area contributed by atoms with Crippen molar-refractivity contribution in [2.45, 2.75) is 37.4 Å². The zero-order valence-corrected chi connectivity index (χ0v) is 10.1. The number of rotatable bonds is 3. The van der Waals surface area contributed by atoms with Crippen LogP contribution in [0.5, 0.6) is 0 Å². The highest BCUT2D eigenvalue weighted by molar-refractivity contribution is 8.18. The largest absolute Gasteiger partial charge is 0.387 e. The van der Waals surface area contributed by atoms with Crippen LogP contribution < -0.4 is 0 Å². The summed E-state index contributed by atoms with van der Waals surface area (Å²) in [6.45, 7) is 8.39. The molecule has 1 fully saturated rings. The van der Waals surface area contributed by atoms with E-state index in [-0.39, 0.29) is 9.49 Å². The minimum atomic E-state index is -0.514. The molecule has 0 spiro atoms. The molecule has 2 unspecified atom stereocenters. The van der Waals surface area contributed by atoms with E-state index in [1.807, 2.05) is 18.7 Å². The molecule has 0 aromatic heterocycles. The summed E-state index contributed by atoms with van der Waals surface area (Å²) >= 11 is 3.66. The Morgan fingerprint density at radius 1 is 1.25 bits per heavy atom. The molecule has 0 radical (unpaired) electrons. The molecule has 1 saturated carbocycles. The fourth-order valence-corrected chi connectivity index (χ4v) is 5.60. The van der Waals surface area contributed by atoms with Crippen molar-refractivity contribution in [1.29, 1.82) is 0 Å². The standard InChI is InChI=1S/C9H18OS2/c1-6-12-9(11-5)7(2,3)8(9,4)10/h10H,6H2,1-5H3. The zero-order valence-electron chi connectivity index (χ0n) is 8.47. The second-order valence-corrected chi connectivity index (χ2v) is 6.71. The maximum atomic E-state index is 10.2. The highest BCUT2D eigenvalue weighted by atomic mass is 32.2. The van der Waals surface area contributed by atoms with E-state index in [0.717, 1.165) is 5.75 Å². The zero-order chi connectivity index (χ0) is 9.62. The number of hydrogen-bond donors (Lipinski definition) is 1. The average Bonchev–Trinajstić information content (AvgIpc) is 2.29. The monoisotopic (exact) mass is 206 g/mol. The number of hydrogen-bond acceptors (Lipinski definition) is 3. The van der Waals surface area contributed by atoms with Gasteiger partial charge in [-0.3, -0.25) is 0 Å². The Labute approximate surface area is 83.7 Å². The lowest BCUT2D eigenvalue weighted by Gasteiger charge is -2.16. The van der Waals surface area contributed by atoms with E-state index in [4.69, 9.17) is 0 Å². The van der Waals surface area contributed by atoms with E-state index >= 15 is 0 Å². The van der Waals surface area contributed by atoms with Crippen LogP contribution in [-0.2, 0) is 0 Å². The first-order valence-corrected chi connectivity index (χ1v) is 6.50. The van der Waals surface area contributed by atoms with E-state index in [9.17, 15) is 5.11 Å². The van der Waals surface area contributed by atoms with Crippen LogP contribution in [0.4, 0.5) is 0 Å². The fourth-order valence-electron chi connectivity index (χ4n) is 2.02. The van der Waals surface area contributed by atoms with Crippen LogP contribution in [0.1, 0.15) is 27.7 Å². The maximum absolute atomic E-state index is 10.2. The first kappa shape index (κ1) is 10.7. The van der Waals surface area contributed by atoms with Crippen molar-refractivity contribution in [3.8, 4) is 0 Å². The molecule has 2 atom stereocenters. The first-order chi connectivity index (χ1) is 5.37. The average molecular weight is 206 g/mol. The van der Waals surface area contributed by atoms with Gasteiger partial charge < -0.3 is 5.11 Å². The SMILES string of the molecule is CCSC1(SC)C(C)(C)C1(C)O. The fraction of sp³-hybridized carbons (Fsp3) is 1.00. The molecule has 0 saturated heterocycles. The topological polar surface area (TPSA) is 20.2 Å². The van der Waals surface area contributed by atoms with Gasteiger partial charge in [-0.2, -0.15) is 0 Å². The molecule has 12 heavy (non-hydrogen) atoms. The summed E-state index contributed by atoms with van der Waals surface area (Å²) in [5.74, 6) is 1.07. The highest BCUT2D eigenvalue weighted by Crippen LogP contribution is 2.76. The molecule has 1 rings (SSSR count). The van der Waals surface area contributed by atoms with Crippen LogP contribution in [-0.4, -0.2) is 26.8 Å². The summed E-state index contributed by atoms with van der Waals surface area (Å²) in [4.78, 5) is 0. The van der Waals surface area contributed by atoms with Crippen LogP contribution in [0.2, 0.25) is 0 Å². The molecule has 1 nitrogen and oxygen atoms in total. The summed E-state index contributed by atoms with van der Waals surface area (Å²) in [5.41, 5.74) is -0.472. The molecule has 0 amide bonds. The molecule has 3 heteroatoms. The smallest absolute Gasteiger partial charge is 0.0975 e. The summed E-state index contributed by atoms with van der Waals surface area (Å²) < 4.78 is 0.0226. The van der Waals surface area contributed by atoms with Crippen molar-refractivity contribution in [3.63, 3.8) is 0 Å². The van der Waals surface area contributed by atoms with Crippen LogP contribution in [0.15, 0.2) is 0 Å². The minimum Gasteiger partial charge on any atom is -0.387 e. The second-order valence-electron chi connectivity index (χ2n) is 3.95. The lowest BCUT2D eigenvalue weighted by atomic mass is 10.1. The van der Waals surface area contributed by atoms with Gasteiger partial charge in [0.2, 0.25) is 0 Å². The van der Waals surface area contributed by atoms with Gasteiger partial charge in [-0.05, 0) is 18.9 Å². The number of aliphatic hydroxyl groups is 1. The van der Waals surface area contributed by atoms with Crippen molar-refractivity contribution in [3.05, 3.63) is 0 Å². The molecule has 0 aromatic carbocycles. The lowest BCUT2D eigenvalue weighted by Crippen LogP contribution is -2.15. The number of thioether (sulfide) groups is 2. The van der Waals surface area contributed by atoms with Crippen molar-refractivity contribution in [2.24, 2.45) is 5.41 Å². The Hall–Kier alpha value is 0.660. The third kappa shape index (κ3) is 0.933. The van der Waals surface area contributed by atoms with Crippen LogP contribution in [0.3, 0.4) is 0 Å². The van der Waals surface area contributed by atoms with Gasteiger partial charge in [0, 0.05) is 5.41 Å². The Bertz CT molecular complexity index is 173. The molecule has 0 heterocycles. The predicted octanol–water partition coefficient (Wildman–Crippen LogP) is 2.59. The third-order valence-electron chi connectivity index (χ3n) is 3.25. The van der Waals surface area contributed by atoms with Gasteiger partial charge in [0.1, 0.15) is 0 Å². The van der Waals surface area contributed by atoms with Gasteiger partial charge in [0.25, 0.3) is 0 Å². The van der Waals surface area contributed by atoms with E-state index in [0.29, 0.717) is 0 Å². The quantitative estimate of drug-likeness (QED) is 0.717. The molecule has 0 aromatic rings. The van der Waals surface area contributed by atoms with Crippen molar-refractivity contribution in [2.75, 3.05) is 12.0 Å². The lowest BCUT2D eigenvalue weighted by molar-refractivity contribution is 0.129. The van der Waals surface area contributed by atoms with E-state index < -0.39 is 5.60 Å². The van der Waals surface area contributed by atoms with E-state index in [1.54, 1.807) is 11.8 Å². The second kappa shape index (κ2) is 2.82. The molecular formula is C9H18OS2. The van der Waals surface area contributed by atoms with Gasteiger partial charge in [-0.1, -0.05) is 20.8 Å². The molecule has 0 aliphatic heterocycles. The Kier molecular flexibility index (Phi) is 2.53. The summed E-state index contributed by atoms with van der Waals surface area (Å²) in [6, 6.07) is 0. The van der Waals surface area contributed by atoms with Crippen molar-refractivity contribution < 1.29 is 5.11 Å². The minimum absolute atomic E-state index is 0.0226. The van der Waals surface area contributed by atoms with Gasteiger partial charge in [-0.25, -0.2) is 0 Å². The Balaban J connectivity index is 2.86. The maximum Gasteiger partial charge on any atom is 0.0975 e. The van der Waals surface area contributed by atoms with Gasteiger partial charge >= 0.3 is 0 Å². The van der Waals surface area contributed by atoms with Crippen molar-refractivity contribution in [1.82, 2.24) is 0 Å². The van der Waals surface area contributed by atoms with Crippen LogP contribution in [0, 0.1) is 5.41 Å². The predicted molar refractivity (Wildman–Crippen MR) is 58.8 cm³/mol. The van der Waals surface area contributed by atoms with Gasteiger partial charge in [0.05, 0.1) is 9.68 Å². The van der Waals surface area contributed by atoms with Crippen molar-refractivity contribution >= 4 is 23.5 Å². The summed E-state index contributed by atoms with van der Waals surface area (Å²) in [7, 11) is 0. The van der Waals surface area contributed by atoms with E-state index in [1.165, 1.54) is 0 Å².